The maximum absolute atomic E-state index is 12.1. The van der Waals surface area contributed by atoms with Crippen molar-refractivity contribution in [3.8, 4) is 11.3 Å². The summed E-state index contributed by atoms with van der Waals surface area (Å²) < 4.78 is 2.15. The second-order valence-corrected chi connectivity index (χ2v) is 7.33. The third-order valence-corrected chi connectivity index (χ3v) is 4.40. The number of fused-ring (bicyclic) bond motifs is 1. The van der Waals surface area contributed by atoms with Crippen LogP contribution in [0.4, 0.5) is 0 Å². The van der Waals surface area contributed by atoms with Crippen LogP contribution in [0.25, 0.3) is 16.8 Å². The molecule has 8 heteroatoms. The highest BCUT2D eigenvalue weighted by molar-refractivity contribution is 7.18. The predicted molar refractivity (Wildman–Crippen MR) is 89.9 cm³/mol. The van der Waals surface area contributed by atoms with Crippen LogP contribution in [-0.2, 0) is 0 Å². The van der Waals surface area contributed by atoms with Crippen molar-refractivity contribution in [3.63, 3.8) is 0 Å². The fourth-order valence-electron chi connectivity index (χ4n) is 2.05. The van der Waals surface area contributed by atoms with Crippen molar-refractivity contribution in [1.82, 2.24) is 19.9 Å². The minimum atomic E-state index is -0.984. The zero-order valence-corrected chi connectivity index (χ0v) is 14.1. The number of rotatable bonds is 4. The molecular weight excluding hydrogens is 336 g/mol. The number of thiazole rings is 1. The Kier molecular flexibility index (Phi) is 4.09. The summed E-state index contributed by atoms with van der Waals surface area (Å²) in [6.45, 7) is 3.37. The number of hydrogen-bond acceptors (Lipinski definition) is 5. The molecular formula is C15H15ClN4O2S. The molecule has 0 fully saturated rings. The van der Waals surface area contributed by atoms with Gasteiger partial charge in [0.25, 0.3) is 5.91 Å². The number of aliphatic hydroxyl groups is 1. The van der Waals surface area contributed by atoms with Gasteiger partial charge in [0.15, 0.2) is 5.01 Å². The van der Waals surface area contributed by atoms with Crippen molar-refractivity contribution in [3.05, 3.63) is 39.9 Å². The molecule has 0 spiro atoms. The van der Waals surface area contributed by atoms with Crippen molar-refractivity contribution < 1.29 is 9.90 Å². The smallest absolute Gasteiger partial charge is 0.280 e. The standard InChI is InChI=1S/C15H15ClN4O2S/c1-15(2,22)8-17-13(21)14-19-11(12(16)23-14)9-7-18-20-6-4-3-5-10(9)20/h3-7,22H,8H2,1-2H3,(H,17,21). The van der Waals surface area contributed by atoms with Crippen LogP contribution in [0.2, 0.25) is 4.34 Å². The third kappa shape index (κ3) is 3.36. The Balaban J connectivity index is 1.91. The lowest BCUT2D eigenvalue weighted by Gasteiger charge is -2.16. The largest absolute Gasteiger partial charge is 0.389 e. The lowest BCUT2D eigenvalue weighted by atomic mass is 10.1. The van der Waals surface area contributed by atoms with Crippen molar-refractivity contribution >= 4 is 34.4 Å². The van der Waals surface area contributed by atoms with E-state index in [2.05, 4.69) is 15.4 Å². The Morgan fingerprint density at radius 2 is 2.26 bits per heavy atom. The topological polar surface area (TPSA) is 79.5 Å². The maximum Gasteiger partial charge on any atom is 0.280 e. The number of pyridine rings is 1. The first-order chi connectivity index (χ1) is 10.8. The molecule has 3 aromatic heterocycles. The summed E-state index contributed by atoms with van der Waals surface area (Å²) in [5.41, 5.74) is 1.19. The quantitative estimate of drug-likeness (QED) is 0.758. The molecule has 0 aromatic carbocycles. The maximum atomic E-state index is 12.1. The molecule has 2 N–H and O–H groups in total. The molecule has 0 aliphatic heterocycles. The van der Waals surface area contributed by atoms with E-state index in [4.69, 9.17) is 11.6 Å². The molecule has 0 atom stereocenters. The minimum Gasteiger partial charge on any atom is -0.389 e. The first kappa shape index (κ1) is 15.9. The second-order valence-electron chi connectivity index (χ2n) is 5.73. The van der Waals surface area contributed by atoms with Gasteiger partial charge < -0.3 is 10.4 Å². The van der Waals surface area contributed by atoms with E-state index in [-0.39, 0.29) is 17.5 Å². The molecule has 0 saturated carbocycles. The number of aromatic nitrogens is 3. The highest BCUT2D eigenvalue weighted by Gasteiger charge is 2.21. The van der Waals surface area contributed by atoms with Gasteiger partial charge >= 0.3 is 0 Å². The molecule has 23 heavy (non-hydrogen) atoms. The Bertz CT molecular complexity index is 866. The van der Waals surface area contributed by atoms with Gasteiger partial charge in [-0.05, 0) is 26.0 Å². The number of nitrogens with zero attached hydrogens (tertiary/aromatic N) is 3. The van der Waals surface area contributed by atoms with E-state index in [0.29, 0.717) is 10.0 Å². The molecule has 3 heterocycles. The molecule has 6 nitrogen and oxygen atoms in total. The summed E-state index contributed by atoms with van der Waals surface area (Å²) in [4.78, 5) is 16.5. The van der Waals surface area contributed by atoms with Gasteiger partial charge in [0.05, 0.1) is 17.3 Å². The first-order valence-electron chi connectivity index (χ1n) is 6.95. The van der Waals surface area contributed by atoms with Crippen LogP contribution in [0.1, 0.15) is 23.6 Å². The summed E-state index contributed by atoms with van der Waals surface area (Å²) >= 11 is 7.36. The number of hydrogen-bond donors (Lipinski definition) is 2. The summed E-state index contributed by atoms with van der Waals surface area (Å²) in [6.07, 6.45) is 3.50. The fourth-order valence-corrected chi connectivity index (χ4v) is 3.14. The van der Waals surface area contributed by atoms with Crippen molar-refractivity contribution in [2.24, 2.45) is 0 Å². The molecule has 120 valence electrons. The molecule has 0 saturated heterocycles. The van der Waals surface area contributed by atoms with Crippen LogP contribution in [-0.4, -0.2) is 37.8 Å². The van der Waals surface area contributed by atoms with Crippen molar-refractivity contribution in [2.75, 3.05) is 6.54 Å². The van der Waals surface area contributed by atoms with Crippen LogP contribution in [0, 0.1) is 0 Å². The summed E-state index contributed by atoms with van der Waals surface area (Å²) in [6, 6.07) is 5.69. The normalized spacial score (nSPS) is 11.8. The van der Waals surface area contributed by atoms with E-state index < -0.39 is 5.60 Å². The van der Waals surface area contributed by atoms with Crippen molar-refractivity contribution in [1.29, 1.82) is 0 Å². The lowest BCUT2D eigenvalue weighted by Crippen LogP contribution is -2.38. The highest BCUT2D eigenvalue weighted by atomic mass is 35.5. The minimum absolute atomic E-state index is 0.134. The molecule has 1 amide bonds. The Morgan fingerprint density at radius 3 is 3.00 bits per heavy atom. The number of carbonyl (C=O) groups excluding carboxylic acids is 1. The van der Waals surface area contributed by atoms with E-state index in [0.717, 1.165) is 22.4 Å². The van der Waals surface area contributed by atoms with Gasteiger partial charge in [0, 0.05) is 18.3 Å². The predicted octanol–water partition coefficient (Wildman–Crippen LogP) is 2.61. The molecule has 0 aliphatic carbocycles. The molecule has 0 unspecified atom stereocenters. The average molecular weight is 351 g/mol. The van der Waals surface area contributed by atoms with Crippen LogP contribution in [0.3, 0.4) is 0 Å². The number of nitrogens with one attached hydrogen (secondary N) is 1. The molecule has 0 bridgehead atoms. The highest BCUT2D eigenvalue weighted by Crippen LogP contribution is 2.34. The van der Waals surface area contributed by atoms with Gasteiger partial charge in [0.2, 0.25) is 0 Å². The van der Waals surface area contributed by atoms with Gasteiger partial charge in [0.1, 0.15) is 10.0 Å². The zero-order chi connectivity index (χ0) is 16.6. The van der Waals surface area contributed by atoms with Crippen LogP contribution >= 0.6 is 22.9 Å². The Morgan fingerprint density at radius 1 is 1.48 bits per heavy atom. The second kappa shape index (κ2) is 5.92. The van der Waals surface area contributed by atoms with Crippen LogP contribution < -0.4 is 5.32 Å². The SMILES string of the molecule is CC(C)(O)CNC(=O)c1nc(-c2cnn3ccccc23)c(Cl)s1. The van der Waals surface area contributed by atoms with Gasteiger partial charge in [-0.2, -0.15) is 5.10 Å². The van der Waals surface area contributed by atoms with Crippen LogP contribution in [0.15, 0.2) is 30.6 Å². The van der Waals surface area contributed by atoms with E-state index in [1.807, 2.05) is 24.4 Å². The van der Waals surface area contributed by atoms with Gasteiger partial charge in [-0.1, -0.05) is 29.0 Å². The van der Waals surface area contributed by atoms with Gasteiger partial charge in [-0.3, -0.25) is 4.79 Å². The number of halogens is 1. The van der Waals surface area contributed by atoms with Crippen LogP contribution in [0.5, 0.6) is 0 Å². The molecule has 0 radical (unpaired) electrons. The summed E-state index contributed by atoms with van der Waals surface area (Å²) in [5.74, 6) is -0.359. The monoisotopic (exact) mass is 350 g/mol. The summed E-state index contributed by atoms with van der Waals surface area (Å²) in [5, 5.41) is 16.8. The molecule has 3 aromatic rings. The van der Waals surface area contributed by atoms with Gasteiger partial charge in [-0.15, -0.1) is 0 Å². The fraction of sp³-hybridized carbons (Fsp3) is 0.267. The van der Waals surface area contributed by atoms with Gasteiger partial charge in [-0.25, -0.2) is 9.50 Å². The summed E-state index contributed by atoms with van der Waals surface area (Å²) in [7, 11) is 0. The molecule has 3 rings (SSSR count). The zero-order valence-electron chi connectivity index (χ0n) is 12.6. The lowest BCUT2D eigenvalue weighted by molar-refractivity contribution is 0.0694. The third-order valence-electron chi connectivity index (χ3n) is 3.14. The van der Waals surface area contributed by atoms with E-state index >= 15 is 0 Å². The first-order valence-corrected chi connectivity index (χ1v) is 8.14. The van der Waals surface area contributed by atoms with Crippen molar-refractivity contribution in [2.45, 2.75) is 19.4 Å². The average Bonchev–Trinajstić information content (AvgIpc) is 3.07. The Hall–Kier alpha value is -1.96. The van der Waals surface area contributed by atoms with E-state index in [9.17, 15) is 9.90 Å². The number of amides is 1. The Labute approximate surface area is 141 Å². The molecule has 0 aliphatic rings. The number of carbonyl (C=O) groups is 1. The van der Waals surface area contributed by atoms with E-state index in [1.165, 1.54) is 0 Å². The van der Waals surface area contributed by atoms with E-state index in [1.54, 1.807) is 24.6 Å².